The number of hydrogen-bond acceptors (Lipinski definition) is 4. The number of methoxy groups -OCH3 is 1. The number of nitrogens with one attached hydrogen (secondary N) is 1. The Bertz CT molecular complexity index is 853. The van der Waals surface area contributed by atoms with E-state index in [0.717, 1.165) is 23.4 Å². The highest BCUT2D eigenvalue weighted by atomic mass is 35.5. The molecule has 0 spiro atoms. The second-order valence-corrected chi connectivity index (χ2v) is 7.53. The van der Waals surface area contributed by atoms with Crippen molar-refractivity contribution >= 4 is 34.5 Å². The molecule has 0 unspecified atom stereocenters. The fourth-order valence-electron chi connectivity index (χ4n) is 2.55. The van der Waals surface area contributed by atoms with E-state index in [1.165, 1.54) is 4.88 Å². The maximum atomic E-state index is 6.24. The summed E-state index contributed by atoms with van der Waals surface area (Å²) in [6.07, 6.45) is 0. The Kier molecular flexibility index (Phi) is 6.80. The van der Waals surface area contributed by atoms with Crippen LogP contribution in [0.25, 0.3) is 0 Å². The molecule has 26 heavy (non-hydrogen) atoms. The van der Waals surface area contributed by atoms with Gasteiger partial charge in [0, 0.05) is 39.1 Å². The van der Waals surface area contributed by atoms with Crippen LogP contribution in [0.2, 0.25) is 10.0 Å². The van der Waals surface area contributed by atoms with E-state index in [4.69, 9.17) is 32.7 Å². The summed E-state index contributed by atoms with van der Waals surface area (Å²) in [5.41, 5.74) is 1.91. The van der Waals surface area contributed by atoms with Gasteiger partial charge in [0.15, 0.2) is 11.5 Å². The summed E-state index contributed by atoms with van der Waals surface area (Å²) in [5.74, 6) is 1.42. The van der Waals surface area contributed by atoms with Crippen molar-refractivity contribution in [3.63, 3.8) is 0 Å². The molecule has 0 aliphatic heterocycles. The van der Waals surface area contributed by atoms with Crippen LogP contribution in [0.5, 0.6) is 11.5 Å². The molecule has 1 aromatic heterocycles. The van der Waals surface area contributed by atoms with Gasteiger partial charge in [-0.2, -0.15) is 0 Å². The van der Waals surface area contributed by atoms with Gasteiger partial charge in [-0.25, -0.2) is 0 Å². The maximum absolute atomic E-state index is 6.24. The standard InChI is InChI=1S/C20H19Cl2NO2S/c1-24-19-6-2-4-14(11-23-12-17-5-3-9-26-17)20(19)25-13-15-7-8-16(21)10-18(15)22/h2-10,23H,11-13H2,1H3. The van der Waals surface area contributed by atoms with E-state index in [1.54, 1.807) is 30.6 Å². The number of hydrogen-bond donors (Lipinski definition) is 1. The third-order valence-electron chi connectivity index (χ3n) is 3.86. The van der Waals surface area contributed by atoms with Crippen molar-refractivity contribution in [3.8, 4) is 11.5 Å². The Morgan fingerprint density at radius 1 is 1.00 bits per heavy atom. The monoisotopic (exact) mass is 407 g/mol. The highest BCUT2D eigenvalue weighted by Crippen LogP contribution is 2.33. The fourth-order valence-corrected chi connectivity index (χ4v) is 3.68. The zero-order valence-electron chi connectivity index (χ0n) is 14.3. The third kappa shape index (κ3) is 4.92. The van der Waals surface area contributed by atoms with Crippen molar-refractivity contribution < 1.29 is 9.47 Å². The molecule has 0 bridgehead atoms. The van der Waals surface area contributed by atoms with E-state index in [-0.39, 0.29) is 0 Å². The Labute approximate surface area is 167 Å². The molecule has 0 saturated heterocycles. The second kappa shape index (κ2) is 9.28. The lowest BCUT2D eigenvalue weighted by atomic mass is 10.1. The molecule has 0 aliphatic carbocycles. The van der Waals surface area contributed by atoms with E-state index in [2.05, 4.69) is 22.8 Å². The normalized spacial score (nSPS) is 10.7. The van der Waals surface area contributed by atoms with Gasteiger partial charge in [0.1, 0.15) is 6.61 Å². The highest BCUT2D eigenvalue weighted by Gasteiger charge is 2.12. The predicted molar refractivity (Wildman–Crippen MR) is 109 cm³/mol. The van der Waals surface area contributed by atoms with Gasteiger partial charge in [0.2, 0.25) is 0 Å². The Hall–Kier alpha value is -1.72. The van der Waals surface area contributed by atoms with E-state index in [9.17, 15) is 0 Å². The second-order valence-electron chi connectivity index (χ2n) is 5.66. The highest BCUT2D eigenvalue weighted by molar-refractivity contribution is 7.09. The summed E-state index contributed by atoms with van der Waals surface area (Å²) in [4.78, 5) is 1.29. The minimum Gasteiger partial charge on any atom is -0.493 e. The topological polar surface area (TPSA) is 30.5 Å². The molecule has 3 rings (SSSR count). The average molecular weight is 408 g/mol. The predicted octanol–water partition coefficient (Wildman–Crippen LogP) is 5.93. The zero-order chi connectivity index (χ0) is 18.4. The quantitative estimate of drug-likeness (QED) is 0.501. The van der Waals surface area contributed by atoms with Crippen molar-refractivity contribution in [1.29, 1.82) is 0 Å². The molecular formula is C20H19Cl2NO2S. The summed E-state index contributed by atoms with van der Waals surface area (Å²) >= 11 is 13.9. The summed E-state index contributed by atoms with van der Waals surface area (Å²) in [5, 5.41) is 6.71. The van der Waals surface area contributed by atoms with Crippen molar-refractivity contribution in [3.05, 3.63) is 80.0 Å². The Balaban J connectivity index is 1.71. The van der Waals surface area contributed by atoms with Crippen molar-refractivity contribution in [1.82, 2.24) is 5.32 Å². The lowest BCUT2D eigenvalue weighted by Crippen LogP contribution is -2.13. The molecule has 3 aromatic rings. The molecule has 0 fully saturated rings. The Morgan fingerprint density at radius 3 is 2.62 bits per heavy atom. The zero-order valence-corrected chi connectivity index (χ0v) is 16.6. The SMILES string of the molecule is COc1cccc(CNCc2cccs2)c1OCc1ccc(Cl)cc1Cl. The third-order valence-corrected chi connectivity index (χ3v) is 5.33. The first-order valence-corrected chi connectivity index (χ1v) is 9.76. The smallest absolute Gasteiger partial charge is 0.166 e. The first-order valence-electron chi connectivity index (χ1n) is 8.13. The van der Waals surface area contributed by atoms with Gasteiger partial charge < -0.3 is 14.8 Å². The lowest BCUT2D eigenvalue weighted by Gasteiger charge is -2.16. The van der Waals surface area contributed by atoms with Gasteiger partial charge in [-0.3, -0.25) is 0 Å². The van der Waals surface area contributed by atoms with Crippen LogP contribution >= 0.6 is 34.5 Å². The van der Waals surface area contributed by atoms with Crippen LogP contribution in [0.4, 0.5) is 0 Å². The van der Waals surface area contributed by atoms with E-state index in [0.29, 0.717) is 28.9 Å². The van der Waals surface area contributed by atoms with Crippen LogP contribution in [0, 0.1) is 0 Å². The molecule has 136 valence electrons. The molecule has 0 saturated carbocycles. The van der Waals surface area contributed by atoms with Crippen molar-refractivity contribution in [2.75, 3.05) is 7.11 Å². The summed E-state index contributed by atoms with van der Waals surface area (Å²) < 4.78 is 11.5. The van der Waals surface area contributed by atoms with Crippen LogP contribution in [0.15, 0.2) is 53.9 Å². The van der Waals surface area contributed by atoms with Gasteiger partial charge in [0.25, 0.3) is 0 Å². The largest absolute Gasteiger partial charge is 0.493 e. The lowest BCUT2D eigenvalue weighted by molar-refractivity contribution is 0.280. The molecule has 3 nitrogen and oxygen atoms in total. The van der Waals surface area contributed by atoms with Crippen LogP contribution in [0.1, 0.15) is 16.0 Å². The summed E-state index contributed by atoms with van der Waals surface area (Å²) in [6.45, 7) is 1.84. The van der Waals surface area contributed by atoms with E-state index < -0.39 is 0 Å². The molecule has 1 heterocycles. The summed E-state index contributed by atoms with van der Waals surface area (Å²) in [7, 11) is 1.64. The molecule has 0 aliphatic rings. The number of thiophene rings is 1. The average Bonchev–Trinajstić information content (AvgIpc) is 3.15. The van der Waals surface area contributed by atoms with Crippen LogP contribution < -0.4 is 14.8 Å². The molecule has 0 amide bonds. The minimum absolute atomic E-state index is 0.342. The van der Waals surface area contributed by atoms with E-state index >= 15 is 0 Å². The number of halogens is 2. The number of para-hydroxylation sites is 1. The van der Waals surface area contributed by atoms with Crippen molar-refractivity contribution in [2.24, 2.45) is 0 Å². The molecule has 6 heteroatoms. The van der Waals surface area contributed by atoms with Gasteiger partial charge in [-0.1, -0.05) is 47.5 Å². The molecule has 2 aromatic carbocycles. The number of rotatable bonds is 8. The van der Waals surface area contributed by atoms with Gasteiger partial charge in [-0.15, -0.1) is 11.3 Å². The summed E-state index contributed by atoms with van der Waals surface area (Å²) in [6, 6.07) is 15.4. The molecular weight excluding hydrogens is 389 g/mol. The molecule has 0 radical (unpaired) electrons. The van der Waals surface area contributed by atoms with Crippen LogP contribution in [-0.4, -0.2) is 7.11 Å². The number of benzene rings is 2. The Morgan fingerprint density at radius 2 is 1.88 bits per heavy atom. The first kappa shape index (κ1) is 19.1. The van der Waals surface area contributed by atoms with Crippen molar-refractivity contribution in [2.45, 2.75) is 19.7 Å². The first-order chi connectivity index (χ1) is 12.7. The molecule has 0 atom stereocenters. The van der Waals surface area contributed by atoms with Gasteiger partial charge in [-0.05, 0) is 29.6 Å². The fraction of sp³-hybridized carbons (Fsp3) is 0.200. The minimum atomic E-state index is 0.342. The van der Waals surface area contributed by atoms with Gasteiger partial charge >= 0.3 is 0 Å². The van der Waals surface area contributed by atoms with Crippen LogP contribution in [-0.2, 0) is 19.7 Å². The molecule has 1 N–H and O–H groups in total. The van der Waals surface area contributed by atoms with Crippen LogP contribution in [0.3, 0.4) is 0 Å². The maximum Gasteiger partial charge on any atom is 0.166 e. The van der Waals surface area contributed by atoms with E-state index in [1.807, 2.05) is 24.3 Å². The van der Waals surface area contributed by atoms with Gasteiger partial charge in [0.05, 0.1) is 7.11 Å². The number of ether oxygens (including phenoxy) is 2.